The van der Waals surface area contributed by atoms with E-state index < -0.39 is 0 Å². The summed E-state index contributed by atoms with van der Waals surface area (Å²) >= 11 is 0. The number of nitrogens with one attached hydrogen (secondary N) is 2. The summed E-state index contributed by atoms with van der Waals surface area (Å²) in [4.78, 5) is 8.98. The Morgan fingerprint density at radius 1 is 1.23 bits per heavy atom. The predicted octanol–water partition coefficient (Wildman–Crippen LogP) is 2.94. The van der Waals surface area contributed by atoms with Crippen molar-refractivity contribution in [3.8, 4) is 0 Å². The molecule has 0 amide bonds. The lowest BCUT2D eigenvalue weighted by molar-refractivity contribution is 0.397. The van der Waals surface area contributed by atoms with Crippen LogP contribution in [0.5, 0.6) is 0 Å². The molecule has 2 aromatic carbocycles. The van der Waals surface area contributed by atoms with E-state index in [4.69, 9.17) is 0 Å². The van der Waals surface area contributed by atoms with E-state index in [0.717, 1.165) is 43.5 Å². The van der Waals surface area contributed by atoms with Crippen LogP contribution < -0.4 is 10.6 Å². The lowest BCUT2D eigenvalue weighted by Gasteiger charge is -2.25. The van der Waals surface area contributed by atoms with Crippen LogP contribution in [0.2, 0.25) is 0 Å². The van der Waals surface area contributed by atoms with Gasteiger partial charge < -0.3 is 10.6 Å². The van der Waals surface area contributed by atoms with Crippen LogP contribution in [0.25, 0.3) is 10.8 Å². The van der Waals surface area contributed by atoms with E-state index in [1.807, 2.05) is 11.6 Å². The molecule has 4 rings (SSSR count). The van der Waals surface area contributed by atoms with Gasteiger partial charge in [-0.3, -0.25) is 4.99 Å². The Morgan fingerprint density at radius 3 is 2.96 bits per heavy atom. The summed E-state index contributed by atoms with van der Waals surface area (Å²) < 4.78 is 2.01. The monoisotopic (exact) mass is 348 g/mol. The zero-order valence-corrected chi connectivity index (χ0v) is 15.2. The van der Waals surface area contributed by atoms with Crippen molar-refractivity contribution in [3.05, 3.63) is 59.7 Å². The molecular formula is C20H24N6. The highest BCUT2D eigenvalue weighted by molar-refractivity contribution is 5.86. The average Bonchev–Trinajstić information content (AvgIpc) is 3.06. The van der Waals surface area contributed by atoms with Gasteiger partial charge in [-0.1, -0.05) is 42.5 Å². The molecule has 1 aromatic heterocycles. The van der Waals surface area contributed by atoms with E-state index in [-0.39, 0.29) is 6.04 Å². The number of rotatable bonds is 3. The summed E-state index contributed by atoms with van der Waals surface area (Å²) in [5.41, 5.74) is 1.26. The standard InChI is InChI=1S/C20H24N6/c1-14-23-19-18(11-6-12-26(19)25-14)24-20(21-2)22-13-16-9-5-8-15-7-3-4-10-17(15)16/h3-5,7-10,18H,6,11-13H2,1-2H3,(H2,21,22,24). The molecule has 0 spiro atoms. The second-order valence-corrected chi connectivity index (χ2v) is 6.64. The molecule has 1 atom stereocenters. The first kappa shape index (κ1) is 16.6. The van der Waals surface area contributed by atoms with Crippen LogP contribution in [0.15, 0.2) is 47.5 Å². The molecule has 26 heavy (non-hydrogen) atoms. The summed E-state index contributed by atoms with van der Waals surface area (Å²) in [6.45, 7) is 3.60. The number of aryl methyl sites for hydroxylation is 2. The molecule has 1 aliphatic rings. The first-order valence-electron chi connectivity index (χ1n) is 9.10. The van der Waals surface area contributed by atoms with Gasteiger partial charge in [0.2, 0.25) is 0 Å². The lowest BCUT2D eigenvalue weighted by atomic mass is 10.0. The van der Waals surface area contributed by atoms with Gasteiger partial charge in [0, 0.05) is 20.1 Å². The molecule has 0 fully saturated rings. The van der Waals surface area contributed by atoms with Gasteiger partial charge in [-0.2, -0.15) is 5.10 Å². The highest BCUT2D eigenvalue weighted by Crippen LogP contribution is 2.23. The van der Waals surface area contributed by atoms with Gasteiger partial charge in [0.1, 0.15) is 11.6 Å². The van der Waals surface area contributed by atoms with Crippen molar-refractivity contribution in [3.63, 3.8) is 0 Å². The SMILES string of the molecule is CN=C(NCc1cccc2ccccc12)NC1CCCn2nc(C)nc21. The second kappa shape index (κ2) is 7.15. The Labute approximate surface area is 153 Å². The van der Waals surface area contributed by atoms with Crippen molar-refractivity contribution in [2.45, 2.75) is 38.9 Å². The molecular weight excluding hydrogens is 324 g/mol. The normalized spacial score (nSPS) is 17.2. The molecule has 0 aliphatic carbocycles. The fraction of sp³-hybridized carbons (Fsp3) is 0.350. The van der Waals surface area contributed by atoms with Crippen molar-refractivity contribution in [1.82, 2.24) is 25.4 Å². The number of hydrogen-bond donors (Lipinski definition) is 2. The van der Waals surface area contributed by atoms with Gasteiger partial charge in [0.05, 0.1) is 6.04 Å². The van der Waals surface area contributed by atoms with Crippen LogP contribution in [-0.4, -0.2) is 27.8 Å². The molecule has 0 bridgehead atoms. The number of guanidine groups is 1. The number of fused-ring (bicyclic) bond motifs is 2. The Kier molecular flexibility index (Phi) is 4.56. The first-order chi connectivity index (χ1) is 12.7. The van der Waals surface area contributed by atoms with E-state index in [9.17, 15) is 0 Å². The minimum absolute atomic E-state index is 0.142. The van der Waals surface area contributed by atoms with E-state index in [2.05, 4.69) is 68.2 Å². The highest BCUT2D eigenvalue weighted by Gasteiger charge is 2.24. The van der Waals surface area contributed by atoms with Crippen molar-refractivity contribution < 1.29 is 0 Å². The van der Waals surface area contributed by atoms with Crippen LogP contribution in [0.1, 0.15) is 36.1 Å². The molecule has 0 radical (unpaired) electrons. The van der Waals surface area contributed by atoms with Crippen LogP contribution in [-0.2, 0) is 13.1 Å². The number of aromatic nitrogens is 3. The minimum Gasteiger partial charge on any atom is -0.352 e. The average molecular weight is 348 g/mol. The summed E-state index contributed by atoms with van der Waals surface area (Å²) in [5, 5.41) is 13.9. The third-order valence-corrected chi connectivity index (χ3v) is 4.84. The summed E-state index contributed by atoms with van der Waals surface area (Å²) in [7, 11) is 1.80. The van der Waals surface area contributed by atoms with Crippen LogP contribution in [0.4, 0.5) is 0 Å². The maximum atomic E-state index is 4.59. The molecule has 6 nitrogen and oxygen atoms in total. The Balaban J connectivity index is 1.47. The number of benzene rings is 2. The Hall–Kier alpha value is -2.89. The zero-order chi connectivity index (χ0) is 17.9. The van der Waals surface area contributed by atoms with Gasteiger partial charge in [0.15, 0.2) is 5.96 Å². The first-order valence-corrected chi connectivity index (χ1v) is 9.10. The number of nitrogens with zero attached hydrogens (tertiary/aromatic N) is 4. The largest absolute Gasteiger partial charge is 0.352 e. The number of aliphatic imine (C=N–C) groups is 1. The van der Waals surface area contributed by atoms with Crippen molar-refractivity contribution >= 4 is 16.7 Å². The van der Waals surface area contributed by atoms with Crippen LogP contribution in [0.3, 0.4) is 0 Å². The molecule has 0 saturated carbocycles. The molecule has 2 N–H and O–H groups in total. The van der Waals surface area contributed by atoms with Crippen LogP contribution in [0, 0.1) is 6.92 Å². The van der Waals surface area contributed by atoms with Crippen molar-refractivity contribution in [1.29, 1.82) is 0 Å². The van der Waals surface area contributed by atoms with Crippen LogP contribution >= 0.6 is 0 Å². The molecule has 6 heteroatoms. The third kappa shape index (κ3) is 3.27. The predicted molar refractivity (Wildman–Crippen MR) is 104 cm³/mol. The maximum absolute atomic E-state index is 4.59. The quantitative estimate of drug-likeness (QED) is 0.564. The summed E-state index contributed by atoms with van der Waals surface area (Å²) in [5.74, 6) is 2.62. The Morgan fingerprint density at radius 2 is 2.08 bits per heavy atom. The van der Waals surface area contributed by atoms with E-state index in [1.165, 1.54) is 16.3 Å². The summed E-state index contributed by atoms with van der Waals surface area (Å²) in [6.07, 6.45) is 2.13. The minimum atomic E-state index is 0.142. The van der Waals surface area contributed by atoms with E-state index in [0.29, 0.717) is 0 Å². The summed E-state index contributed by atoms with van der Waals surface area (Å²) in [6, 6.07) is 15.0. The van der Waals surface area contributed by atoms with E-state index in [1.54, 1.807) is 7.05 Å². The molecule has 3 aromatic rings. The van der Waals surface area contributed by atoms with Gasteiger partial charge in [-0.25, -0.2) is 9.67 Å². The van der Waals surface area contributed by atoms with Crippen molar-refractivity contribution in [2.75, 3.05) is 7.05 Å². The van der Waals surface area contributed by atoms with Gasteiger partial charge in [-0.15, -0.1) is 0 Å². The molecule has 2 heterocycles. The molecule has 134 valence electrons. The smallest absolute Gasteiger partial charge is 0.191 e. The maximum Gasteiger partial charge on any atom is 0.191 e. The topological polar surface area (TPSA) is 67.1 Å². The molecule has 1 aliphatic heterocycles. The molecule has 0 saturated heterocycles. The van der Waals surface area contributed by atoms with Gasteiger partial charge in [-0.05, 0) is 36.1 Å². The number of hydrogen-bond acceptors (Lipinski definition) is 3. The highest BCUT2D eigenvalue weighted by atomic mass is 15.4. The zero-order valence-electron chi connectivity index (χ0n) is 15.2. The molecule has 1 unspecified atom stereocenters. The third-order valence-electron chi connectivity index (χ3n) is 4.84. The fourth-order valence-electron chi connectivity index (χ4n) is 3.59. The van der Waals surface area contributed by atoms with Crippen molar-refractivity contribution in [2.24, 2.45) is 4.99 Å². The lowest BCUT2D eigenvalue weighted by Crippen LogP contribution is -2.41. The van der Waals surface area contributed by atoms with E-state index >= 15 is 0 Å². The second-order valence-electron chi connectivity index (χ2n) is 6.64. The van der Waals surface area contributed by atoms with Gasteiger partial charge in [0.25, 0.3) is 0 Å². The van der Waals surface area contributed by atoms with Gasteiger partial charge >= 0.3 is 0 Å². The fourth-order valence-corrected chi connectivity index (χ4v) is 3.59. The Bertz CT molecular complexity index is 937.